The third-order valence-electron chi connectivity index (χ3n) is 5.13. The van der Waals surface area contributed by atoms with E-state index in [2.05, 4.69) is 9.98 Å². The second-order valence-corrected chi connectivity index (χ2v) is 7.31. The second-order valence-electron chi connectivity index (χ2n) is 7.31. The van der Waals surface area contributed by atoms with Crippen molar-refractivity contribution in [2.24, 2.45) is 9.98 Å². The predicted octanol–water partition coefficient (Wildman–Crippen LogP) is 4.60. The largest absolute Gasteiger partial charge is 0.465 e. The van der Waals surface area contributed by atoms with E-state index in [-0.39, 0.29) is 11.4 Å². The van der Waals surface area contributed by atoms with Crippen LogP contribution in [0.1, 0.15) is 16.9 Å². The normalized spacial score (nSPS) is 16.4. The van der Waals surface area contributed by atoms with Gasteiger partial charge in [0.1, 0.15) is 11.5 Å². The van der Waals surface area contributed by atoms with Crippen molar-refractivity contribution in [3.8, 4) is 0 Å². The summed E-state index contributed by atoms with van der Waals surface area (Å²) in [6, 6.07) is 16.4. The molecule has 9 heteroatoms. The van der Waals surface area contributed by atoms with E-state index < -0.39 is 22.3 Å². The van der Waals surface area contributed by atoms with Crippen LogP contribution in [0.3, 0.4) is 0 Å². The number of nitro benzene ring substituents is 1. The minimum Gasteiger partial charge on any atom is -0.465 e. The lowest BCUT2D eigenvalue weighted by atomic mass is 10.0. The molecule has 2 aromatic carbocycles. The van der Waals surface area contributed by atoms with Gasteiger partial charge in [-0.1, -0.05) is 30.3 Å². The fourth-order valence-corrected chi connectivity index (χ4v) is 3.57. The maximum absolute atomic E-state index is 13.9. The van der Waals surface area contributed by atoms with Crippen molar-refractivity contribution in [1.29, 1.82) is 0 Å². The number of amides is 1. The highest BCUT2D eigenvalue weighted by Crippen LogP contribution is 2.31. The molecule has 0 saturated heterocycles. The van der Waals surface area contributed by atoms with Gasteiger partial charge in [0.15, 0.2) is 5.84 Å². The molecule has 0 unspecified atom stereocenters. The van der Waals surface area contributed by atoms with Crippen molar-refractivity contribution in [3.05, 3.63) is 112 Å². The molecule has 2 aliphatic heterocycles. The van der Waals surface area contributed by atoms with Crippen molar-refractivity contribution in [2.75, 3.05) is 0 Å². The van der Waals surface area contributed by atoms with Gasteiger partial charge in [-0.15, -0.1) is 0 Å². The molecular formula is C24H15FN4O4. The van der Waals surface area contributed by atoms with Crippen LogP contribution in [0.15, 0.2) is 93.2 Å². The fraction of sp³-hybridized carbons (Fsp3) is 0.0417. The van der Waals surface area contributed by atoms with Gasteiger partial charge in [-0.05, 0) is 29.8 Å². The van der Waals surface area contributed by atoms with Crippen LogP contribution < -0.4 is 0 Å². The molecule has 3 heterocycles. The van der Waals surface area contributed by atoms with Crippen LogP contribution in [0.4, 0.5) is 10.1 Å². The highest BCUT2D eigenvalue weighted by Gasteiger charge is 2.35. The number of nitrogens with zero attached hydrogens (tertiary/aromatic N) is 4. The van der Waals surface area contributed by atoms with E-state index in [1.54, 1.807) is 12.1 Å². The number of halogens is 1. The van der Waals surface area contributed by atoms with E-state index in [0.717, 1.165) is 17.7 Å². The fourth-order valence-electron chi connectivity index (χ4n) is 3.57. The molecule has 2 aliphatic rings. The summed E-state index contributed by atoms with van der Waals surface area (Å²) in [5.74, 6) is -0.503. The number of fused-ring (bicyclic) bond motifs is 1. The summed E-state index contributed by atoms with van der Waals surface area (Å²) in [5, 5.41) is 11.2. The quantitative estimate of drug-likeness (QED) is 0.327. The number of rotatable bonds is 5. The average molecular weight is 442 g/mol. The van der Waals surface area contributed by atoms with Crippen LogP contribution in [0.5, 0.6) is 0 Å². The molecule has 0 fully saturated rings. The van der Waals surface area contributed by atoms with Crippen molar-refractivity contribution in [3.63, 3.8) is 0 Å². The Labute approximate surface area is 186 Å². The lowest BCUT2D eigenvalue weighted by Crippen LogP contribution is -2.36. The Bertz CT molecular complexity index is 1390. The third-order valence-corrected chi connectivity index (χ3v) is 5.13. The Morgan fingerprint density at radius 3 is 2.64 bits per heavy atom. The Morgan fingerprint density at radius 1 is 1.09 bits per heavy atom. The number of carbonyl (C=O) groups excluding carboxylic acids is 1. The SMILES string of the molecule is O=C1/C(=C/c2ccco2)N=C2C(Cc3ccccc3)=NC(c3ccc(F)c([N+](=O)[O-])c3)=CN12. The van der Waals surface area contributed by atoms with E-state index in [0.29, 0.717) is 29.3 Å². The number of nitro groups is 1. The molecule has 3 aromatic rings. The Balaban J connectivity index is 1.60. The van der Waals surface area contributed by atoms with E-state index in [1.165, 1.54) is 29.5 Å². The molecule has 162 valence electrons. The number of benzene rings is 2. The maximum atomic E-state index is 13.9. The van der Waals surface area contributed by atoms with E-state index >= 15 is 0 Å². The maximum Gasteiger partial charge on any atom is 0.305 e. The first-order valence-corrected chi connectivity index (χ1v) is 9.95. The molecule has 5 rings (SSSR count). The Hall–Kier alpha value is -4.66. The van der Waals surface area contributed by atoms with Crippen LogP contribution >= 0.6 is 0 Å². The molecule has 1 aromatic heterocycles. The lowest BCUT2D eigenvalue weighted by Gasteiger charge is -2.21. The minimum absolute atomic E-state index is 0.170. The van der Waals surface area contributed by atoms with Crippen LogP contribution in [0.2, 0.25) is 0 Å². The Morgan fingerprint density at radius 2 is 1.91 bits per heavy atom. The molecule has 0 saturated carbocycles. The summed E-state index contributed by atoms with van der Waals surface area (Å²) in [5.41, 5.74) is 1.55. The number of aliphatic imine (C=N–C) groups is 2. The van der Waals surface area contributed by atoms with Gasteiger partial charge in [-0.25, -0.2) is 9.98 Å². The minimum atomic E-state index is -0.947. The third kappa shape index (κ3) is 3.87. The molecule has 8 nitrogen and oxygen atoms in total. The highest BCUT2D eigenvalue weighted by molar-refractivity contribution is 6.48. The first-order chi connectivity index (χ1) is 16.0. The van der Waals surface area contributed by atoms with Crippen LogP contribution in [-0.2, 0) is 11.2 Å². The summed E-state index contributed by atoms with van der Waals surface area (Å²) in [4.78, 5) is 34.0. The van der Waals surface area contributed by atoms with E-state index in [4.69, 9.17) is 4.42 Å². The van der Waals surface area contributed by atoms with Crippen molar-refractivity contribution in [2.45, 2.75) is 6.42 Å². The standard InChI is InChI=1S/C24H15FN4O4/c25-18-9-8-16(12-22(18)29(31)32)21-14-28-23(19(26-21)11-15-5-2-1-3-6-15)27-20(24(28)30)13-17-7-4-10-33-17/h1-10,12-14H,11H2/b20-13-. The molecule has 0 spiro atoms. The summed E-state index contributed by atoms with van der Waals surface area (Å²) < 4.78 is 19.2. The van der Waals surface area contributed by atoms with Gasteiger partial charge in [0.05, 0.1) is 22.6 Å². The van der Waals surface area contributed by atoms with Gasteiger partial charge in [0.25, 0.3) is 5.91 Å². The summed E-state index contributed by atoms with van der Waals surface area (Å²) in [6.07, 6.45) is 4.85. The molecular weight excluding hydrogens is 427 g/mol. The lowest BCUT2D eigenvalue weighted by molar-refractivity contribution is -0.387. The summed E-state index contributed by atoms with van der Waals surface area (Å²) in [7, 11) is 0. The van der Waals surface area contributed by atoms with Gasteiger partial charge in [0.2, 0.25) is 5.82 Å². The molecule has 0 aliphatic carbocycles. The molecule has 0 bridgehead atoms. The van der Waals surface area contributed by atoms with Gasteiger partial charge in [-0.3, -0.25) is 19.8 Å². The average Bonchev–Trinajstić information content (AvgIpc) is 3.43. The number of hydrogen-bond acceptors (Lipinski definition) is 6. The number of amidine groups is 1. The monoisotopic (exact) mass is 442 g/mol. The zero-order valence-corrected chi connectivity index (χ0v) is 17.0. The van der Waals surface area contributed by atoms with Crippen molar-refractivity contribution < 1.29 is 18.5 Å². The van der Waals surface area contributed by atoms with Crippen LogP contribution in [0.25, 0.3) is 11.8 Å². The molecule has 0 atom stereocenters. The van der Waals surface area contributed by atoms with E-state index in [9.17, 15) is 19.3 Å². The van der Waals surface area contributed by atoms with Crippen molar-refractivity contribution >= 4 is 34.9 Å². The first kappa shape index (κ1) is 20.3. The molecule has 0 N–H and O–H groups in total. The smallest absolute Gasteiger partial charge is 0.305 e. The first-order valence-electron chi connectivity index (χ1n) is 9.95. The topological polar surface area (TPSA) is 101 Å². The van der Waals surface area contributed by atoms with Crippen LogP contribution in [0, 0.1) is 15.9 Å². The van der Waals surface area contributed by atoms with Gasteiger partial charge in [-0.2, -0.15) is 4.39 Å². The second kappa shape index (κ2) is 8.12. The predicted molar refractivity (Wildman–Crippen MR) is 120 cm³/mol. The molecule has 1 amide bonds. The molecule has 33 heavy (non-hydrogen) atoms. The van der Waals surface area contributed by atoms with Gasteiger partial charge in [0, 0.05) is 30.3 Å². The molecule has 0 radical (unpaired) electrons. The summed E-state index contributed by atoms with van der Waals surface area (Å²) in [6.45, 7) is 0. The van der Waals surface area contributed by atoms with Gasteiger partial charge >= 0.3 is 5.69 Å². The van der Waals surface area contributed by atoms with E-state index in [1.807, 2.05) is 30.3 Å². The number of hydrogen-bond donors (Lipinski definition) is 0. The Kier molecular flexibility index (Phi) is 4.98. The number of furan rings is 1. The number of carbonyl (C=O) groups is 1. The van der Waals surface area contributed by atoms with Crippen LogP contribution in [-0.4, -0.2) is 27.3 Å². The highest BCUT2D eigenvalue weighted by atomic mass is 19.1. The zero-order chi connectivity index (χ0) is 22.9. The zero-order valence-electron chi connectivity index (χ0n) is 17.0. The van der Waals surface area contributed by atoms with Crippen molar-refractivity contribution in [1.82, 2.24) is 4.90 Å². The summed E-state index contributed by atoms with van der Waals surface area (Å²) >= 11 is 0. The van der Waals surface area contributed by atoms with Gasteiger partial charge < -0.3 is 4.42 Å².